The molecule has 0 amide bonds. The van der Waals surface area contributed by atoms with E-state index in [-0.39, 0.29) is 24.8 Å². The molecule has 3 aromatic carbocycles. The predicted octanol–water partition coefficient (Wildman–Crippen LogP) is 2.97. The zero-order valence-corrected chi connectivity index (χ0v) is 16.0. The lowest BCUT2D eigenvalue weighted by atomic mass is 10.2. The summed E-state index contributed by atoms with van der Waals surface area (Å²) in [5.41, 5.74) is -0.540. The molecule has 0 saturated carbocycles. The summed E-state index contributed by atoms with van der Waals surface area (Å²) >= 11 is 0. The fourth-order valence-electron chi connectivity index (χ4n) is 2.54. The summed E-state index contributed by atoms with van der Waals surface area (Å²) in [5, 5.41) is 9.21. The van der Waals surface area contributed by atoms with Crippen molar-refractivity contribution in [3.05, 3.63) is 90.5 Å². The van der Waals surface area contributed by atoms with Gasteiger partial charge in [0.2, 0.25) is 0 Å². The maximum Gasteiger partial charge on any atom is 0.335 e. The molecule has 28 heavy (non-hydrogen) atoms. The van der Waals surface area contributed by atoms with Crippen LogP contribution >= 0.6 is 0 Å². The van der Waals surface area contributed by atoms with Crippen LogP contribution in [0.3, 0.4) is 0 Å². The minimum atomic E-state index is -4.55. The highest BCUT2D eigenvalue weighted by atomic mass is 32.3. The molecule has 0 atom stereocenters. The second-order valence-electron chi connectivity index (χ2n) is 5.69. The molecule has 0 aliphatic heterocycles. The summed E-state index contributed by atoms with van der Waals surface area (Å²) in [5.74, 6) is -1.31. The Morgan fingerprint density at radius 1 is 0.679 bits per heavy atom. The molecule has 9 heteroatoms. The van der Waals surface area contributed by atoms with Gasteiger partial charge in [0.15, 0.2) is 0 Å². The van der Waals surface area contributed by atoms with Gasteiger partial charge in [-0.1, -0.05) is 42.5 Å². The van der Waals surface area contributed by atoms with Gasteiger partial charge in [-0.3, -0.25) is 0 Å². The van der Waals surface area contributed by atoms with Crippen molar-refractivity contribution in [3.63, 3.8) is 0 Å². The van der Waals surface area contributed by atoms with Crippen molar-refractivity contribution in [2.45, 2.75) is 9.79 Å². The zero-order chi connectivity index (χ0) is 20.4. The van der Waals surface area contributed by atoms with E-state index in [0.29, 0.717) is 0 Å². The van der Waals surface area contributed by atoms with Crippen molar-refractivity contribution < 1.29 is 26.7 Å². The molecule has 0 fully saturated rings. The van der Waals surface area contributed by atoms with Crippen LogP contribution < -0.4 is 3.71 Å². The van der Waals surface area contributed by atoms with Crippen LogP contribution in [0.1, 0.15) is 10.4 Å². The minimum Gasteiger partial charge on any atom is -0.478 e. The molecule has 0 radical (unpaired) electrons. The third-order valence-corrected chi connectivity index (χ3v) is 8.03. The van der Waals surface area contributed by atoms with Crippen molar-refractivity contribution in [1.29, 1.82) is 0 Å². The number of hydrogen-bond acceptors (Lipinski definition) is 5. The Balaban J connectivity index is 2.30. The Kier molecular flexibility index (Phi) is 5.21. The van der Waals surface area contributed by atoms with E-state index in [1.807, 2.05) is 0 Å². The summed E-state index contributed by atoms with van der Waals surface area (Å²) in [6.45, 7) is 0. The van der Waals surface area contributed by atoms with E-state index < -0.39 is 26.0 Å². The minimum absolute atomic E-state index is 0.241. The molecule has 0 aliphatic rings. The fraction of sp³-hybridized carbons (Fsp3) is 0. The van der Waals surface area contributed by atoms with E-state index in [1.165, 1.54) is 66.7 Å². The smallest absolute Gasteiger partial charge is 0.335 e. The van der Waals surface area contributed by atoms with Gasteiger partial charge in [0.05, 0.1) is 21.0 Å². The summed E-state index contributed by atoms with van der Waals surface area (Å²) in [4.78, 5) is 10.8. The molecule has 0 aromatic heterocycles. The van der Waals surface area contributed by atoms with E-state index in [4.69, 9.17) is 0 Å². The highest BCUT2D eigenvalue weighted by molar-refractivity contribution is 8.10. The number of carboxylic acids is 1. The van der Waals surface area contributed by atoms with Crippen LogP contribution in [0.5, 0.6) is 0 Å². The quantitative estimate of drug-likeness (QED) is 0.660. The van der Waals surface area contributed by atoms with Crippen molar-refractivity contribution in [2.75, 3.05) is 3.71 Å². The molecule has 3 rings (SSSR count). The number of nitrogens with zero attached hydrogens (tertiary/aromatic N) is 1. The second-order valence-corrected chi connectivity index (χ2v) is 9.49. The van der Waals surface area contributed by atoms with Crippen LogP contribution in [0, 0.1) is 0 Å². The monoisotopic (exact) mass is 417 g/mol. The molecule has 1 N–H and O–H groups in total. The molecule has 0 heterocycles. The number of rotatable bonds is 6. The summed E-state index contributed by atoms with van der Waals surface area (Å²) in [6.07, 6.45) is 0. The zero-order valence-electron chi connectivity index (χ0n) is 14.3. The lowest BCUT2D eigenvalue weighted by molar-refractivity contribution is 0.0697. The van der Waals surface area contributed by atoms with Gasteiger partial charge in [-0.05, 0) is 42.5 Å². The number of carboxylic acid groups (broad SMARTS) is 1. The molecule has 0 aliphatic carbocycles. The van der Waals surface area contributed by atoms with Crippen molar-refractivity contribution in [1.82, 2.24) is 0 Å². The lowest BCUT2D eigenvalue weighted by Crippen LogP contribution is -2.37. The highest BCUT2D eigenvalue weighted by Gasteiger charge is 2.37. The summed E-state index contributed by atoms with van der Waals surface area (Å²) < 4.78 is 53.2. The molecule has 7 nitrogen and oxygen atoms in total. The van der Waals surface area contributed by atoms with Gasteiger partial charge in [0, 0.05) is 0 Å². The number of hydrogen-bond donors (Lipinski definition) is 1. The fourth-order valence-corrected chi connectivity index (χ4v) is 6.25. The van der Waals surface area contributed by atoms with Crippen LogP contribution in [0.25, 0.3) is 0 Å². The molecule has 0 spiro atoms. The number of aromatic carboxylic acids is 1. The molecule has 3 aromatic rings. The van der Waals surface area contributed by atoms with Crippen molar-refractivity contribution >= 4 is 31.7 Å². The van der Waals surface area contributed by atoms with E-state index in [2.05, 4.69) is 0 Å². The van der Waals surface area contributed by atoms with E-state index in [9.17, 15) is 26.7 Å². The normalized spacial score (nSPS) is 11.7. The van der Waals surface area contributed by atoms with Crippen LogP contribution in [0.4, 0.5) is 5.69 Å². The largest absolute Gasteiger partial charge is 0.478 e. The molecular weight excluding hydrogens is 402 g/mol. The van der Waals surface area contributed by atoms with Gasteiger partial charge in [-0.15, -0.1) is 0 Å². The Labute approximate surface area is 162 Å². The summed E-state index contributed by atoms with van der Waals surface area (Å²) in [6, 6.07) is 18.9. The Hall–Kier alpha value is -3.17. The van der Waals surface area contributed by atoms with Crippen molar-refractivity contribution in [2.24, 2.45) is 0 Å². The lowest BCUT2D eigenvalue weighted by Gasteiger charge is -2.24. The molecular formula is C19H15NO6S2. The molecule has 0 bridgehead atoms. The maximum absolute atomic E-state index is 13.2. The highest BCUT2D eigenvalue weighted by Crippen LogP contribution is 2.31. The van der Waals surface area contributed by atoms with Gasteiger partial charge >= 0.3 is 5.97 Å². The molecule has 144 valence electrons. The first-order valence-corrected chi connectivity index (χ1v) is 10.9. The van der Waals surface area contributed by atoms with Gasteiger partial charge in [-0.2, -0.15) is 3.71 Å². The number of benzene rings is 3. The third-order valence-electron chi connectivity index (χ3n) is 3.82. The Morgan fingerprint density at radius 3 is 1.57 bits per heavy atom. The third kappa shape index (κ3) is 3.62. The van der Waals surface area contributed by atoms with Gasteiger partial charge in [0.1, 0.15) is 0 Å². The molecule has 0 unspecified atom stereocenters. The molecule has 0 saturated heterocycles. The summed E-state index contributed by atoms with van der Waals surface area (Å²) in [7, 11) is -9.10. The SMILES string of the molecule is O=C(O)c1cccc(N(S(=O)(=O)c2ccccc2)S(=O)(=O)c2ccccc2)c1. The van der Waals surface area contributed by atoms with Gasteiger partial charge in [0.25, 0.3) is 20.0 Å². The van der Waals surface area contributed by atoms with E-state index >= 15 is 0 Å². The first-order valence-electron chi connectivity index (χ1n) is 7.98. The van der Waals surface area contributed by atoms with Crippen LogP contribution in [0.2, 0.25) is 0 Å². The maximum atomic E-state index is 13.2. The van der Waals surface area contributed by atoms with Crippen LogP contribution in [-0.2, 0) is 20.0 Å². The average Bonchev–Trinajstić information content (AvgIpc) is 2.69. The first kappa shape index (κ1) is 19.6. The topological polar surface area (TPSA) is 109 Å². The van der Waals surface area contributed by atoms with E-state index in [1.54, 1.807) is 12.1 Å². The number of anilines is 1. The number of carbonyl (C=O) groups is 1. The van der Waals surface area contributed by atoms with Crippen molar-refractivity contribution in [3.8, 4) is 0 Å². The second kappa shape index (κ2) is 7.45. The standard InChI is InChI=1S/C19H15NO6S2/c21-19(22)15-8-7-9-16(14-15)20(27(23,24)17-10-3-1-4-11-17)28(25,26)18-12-5-2-6-13-18/h1-14H,(H,21,22). The number of sulfonamides is 2. The Bertz CT molecular complexity index is 1140. The Morgan fingerprint density at radius 2 is 1.14 bits per heavy atom. The van der Waals surface area contributed by atoms with Crippen LogP contribution in [-0.4, -0.2) is 27.9 Å². The van der Waals surface area contributed by atoms with Gasteiger partial charge in [-0.25, -0.2) is 21.6 Å². The average molecular weight is 417 g/mol. The first-order chi connectivity index (χ1) is 13.2. The van der Waals surface area contributed by atoms with Gasteiger partial charge < -0.3 is 5.11 Å². The van der Waals surface area contributed by atoms with E-state index in [0.717, 1.165) is 6.07 Å². The van der Waals surface area contributed by atoms with Crippen LogP contribution in [0.15, 0.2) is 94.7 Å². The predicted molar refractivity (Wildman–Crippen MR) is 103 cm³/mol.